The SMILES string of the molecule is COCCOCCCOCc1cc(C(=O)O)co1. The quantitative estimate of drug-likeness (QED) is 0.641. The van der Waals surface area contributed by atoms with Crippen molar-refractivity contribution in [1.82, 2.24) is 0 Å². The molecule has 1 rings (SSSR count). The lowest BCUT2D eigenvalue weighted by molar-refractivity contribution is 0.0453. The second kappa shape index (κ2) is 8.68. The largest absolute Gasteiger partial charge is 0.478 e. The summed E-state index contributed by atoms with van der Waals surface area (Å²) in [4.78, 5) is 10.6. The van der Waals surface area contributed by atoms with Crippen LogP contribution in [0.2, 0.25) is 0 Å². The Morgan fingerprint density at radius 3 is 2.72 bits per heavy atom. The standard InChI is InChI=1S/C12H18O6/c1-15-5-6-16-3-2-4-17-9-11-7-10(8-18-11)12(13)14/h7-8H,2-6,9H2,1H3,(H,13,14). The predicted molar refractivity (Wildman–Crippen MR) is 62.6 cm³/mol. The van der Waals surface area contributed by atoms with Gasteiger partial charge in [-0.3, -0.25) is 0 Å². The van der Waals surface area contributed by atoms with Gasteiger partial charge in [-0.2, -0.15) is 0 Å². The fourth-order valence-electron chi connectivity index (χ4n) is 1.25. The van der Waals surface area contributed by atoms with Crippen molar-refractivity contribution >= 4 is 5.97 Å². The number of furan rings is 1. The van der Waals surface area contributed by atoms with Crippen LogP contribution in [0.4, 0.5) is 0 Å². The Kier molecular flexibility index (Phi) is 7.09. The number of aromatic carboxylic acids is 1. The summed E-state index contributed by atoms with van der Waals surface area (Å²) in [6, 6.07) is 1.46. The molecule has 0 radical (unpaired) electrons. The monoisotopic (exact) mass is 258 g/mol. The van der Waals surface area contributed by atoms with E-state index in [0.717, 1.165) is 6.42 Å². The van der Waals surface area contributed by atoms with E-state index in [0.29, 0.717) is 32.2 Å². The summed E-state index contributed by atoms with van der Waals surface area (Å²) in [7, 11) is 1.63. The van der Waals surface area contributed by atoms with Crippen LogP contribution in [0.3, 0.4) is 0 Å². The van der Waals surface area contributed by atoms with Crippen molar-refractivity contribution in [3.05, 3.63) is 23.7 Å². The van der Waals surface area contributed by atoms with Crippen molar-refractivity contribution in [1.29, 1.82) is 0 Å². The van der Waals surface area contributed by atoms with Crippen LogP contribution in [0, 0.1) is 0 Å². The van der Waals surface area contributed by atoms with Crippen molar-refractivity contribution in [2.75, 3.05) is 33.5 Å². The fourth-order valence-corrected chi connectivity index (χ4v) is 1.25. The highest BCUT2D eigenvalue weighted by atomic mass is 16.5. The molecule has 6 heteroatoms. The van der Waals surface area contributed by atoms with Crippen LogP contribution >= 0.6 is 0 Å². The number of carboxylic acids is 1. The molecular weight excluding hydrogens is 240 g/mol. The fraction of sp³-hybridized carbons (Fsp3) is 0.583. The van der Waals surface area contributed by atoms with Crippen molar-refractivity contribution in [2.24, 2.45) is 0 Å². The van der Waals surface area contributed by atoms with E-state index in [1.165, 1.54) is 12.3 Å². The molecule has 0 spiro atoms. The molecule has 0 saturated heterocycles. The van der Waals surface area contributed by atoms with E-state index in [9.17, 15) is 4.79 Å². The van der Waals surface area contributed by atoms with Crippen molar-refractivity contribution in [3.63, 3.8) is 0 Å². The average molecular weight is 258 g/mol. The Labute approximate surface area is 105 Å². The Morgan fingerprint density at radius 2 is 2.06 bits per heavy atom. The Bertz CT molecular complexity index is 346. The molecule has 1 N–H and O–H groups in total. The molecule has 102 valence electrons. The molecule has 1 heterocycles. The molecule has 1 aromatic rings. The van der Waals surface area contributed by atoms with Crippen molar-refractivity contribution in [3.8, 4) is 0 Å². The molecule has 1 aromatic heterocycles. The van der Waals surface area contributed by atoms with Crippen LogP contribution < -0.4 is 0 Å². The molecular formula is C12H18O6. The summed E-state index contributed by atoms with van der Waals surface area (Å²) >= 11 is 0. The van der Waals surface area contributed by atoms with Gasteiger partial charge in [-0.1, -0.05) is 0 Å². The van der Waals surface area contributed by atoms with Gasteiger partial charge in [0.1, 0.15) is 18.6 Å². The van der Waals surface area contributed by atoms with Gasteiger partial charge in [0.05, 0.1) is 18.8 Å². The van der Waals surface area contributed by atoms with Gasteiger partial charge in [-0.25, -0.2) is 4.79 Å². The van der Waals surface area contributed by atoms with E-state index in [1.807, 2.05) is 0 Å². The van der Waals surface area contributed by atoms with E-state index in [4.69, 9.17) is 23.7 Å². The first-order chi connectivity index (χ1) is 8.74. The van der Waals surface area contributed by atoms with Crippen LogP contribution in [0.15, 0.2) is 16.7 Å². The molecule has 0 aliphatic carbocycles. The zero-order chi connectivity index (χ0) is 13.2. The third-order valence-electron chi connectivity index (χ3n) is 2.15. The molecule has 0 saturated carbocycles. The summed E-state index contributed by atoms with van der Waals surface area (Å²) in [6.45, 7) is 2.59. The zero-order valence-electron chi connectivity index (χ0n) is 10.4. The number of methoxy groups -OCH3 is 1. The smallest absolute Gasteiger partial charge is 0.338 e. The van der Waals surface area contributed by atoms with Crippen LogP contribution in [0.25, 0.3) is 0 Å². The topological polar surface area (TPSA) is 78.1 Å². The lowest BCUT2D eigenvalue weighted by atomic mass is 10.3. The second-order valence-corrected chi connectivity index (χ2v) is 3.62. The summed E-state index contributed by atoms with van der Waals surface area (Å²) < 4.78 is 20.4. The first-order valence-corrected chi connectivity index (χ1v) is 5.69. The van der Waals surface area contributed by atoms with E-state index >= 15 is 0 Å². The molecule has 0 aliphatic rings. The highest BCUT2D eigenvalue weighted by Gasteiger charge is 2.07. The van der Waals surface area contributed by atoms with Gasteiger partial charge in [0, 0.05) is 20.3 Å². The summed E-state index contributed by atoms with van der Waals surface area (Å²) in [5, 5.41) is 8.68. The number of rotatable bonds is 10. The van der Waals surface area contributed by atoms with E-state index in [2.05, 4.69) is 0 Å². The molecule has 0 bridgehead atoms. The third kappa shape index (κ3) is 5.81. The number of carbonyl (C=O) groups is 1. The Balaban J connectivity index is 2.02. The molecule has 0 aliphatic heterocycles. The van der Waals surface area contributed by atoms with Crippen LogP contribution in [-0.4, -0.2) is 44.6 Å². The van der Waals surface area contributed by atoms with Gasteiger partial charge in [-0.05, 0) is 12.5 Å². The van der Waals surface area contributed by atoms with Crippen LogP contribution in [-0.2, 0) is 20.8 Å². The van der Waals surface area contributed by atoms with E-state index in [-0.39, 0.29) is 12.2 Å². The Morgan fingerprint density at radius 1 is 1.28 bits per heavy atom. The summed E-state index contributed by atoms with van der Waals surface area (Å²) in [5.74, 6) is -0.496. The highest BCUT2D eigenvalue weighted by molar-refractivity contribution is 5.87. The highest BCUT2D eigenvalue weighted by Crippen LogP contribution is 2.08. The summed E-state index contributed by atoms with van der Waals surface area (Å²) in [5.41, 5.74) is 0.136. The minimum atomic E-state index is -1.00. The lowest BCUT2D eigenvalue weighted by Gasteiger charge is -2.03. The van der Waals surface area contributed by atoms with Crippen molar-refractivity contribution < 1.29 is 28.5 Å². The van der Waals surface area contributed by atoms with Gasteiger partial charge in [0.25, 0.3) is 0 Å². The maximum atomic E-state index is 10.6. The molecule has 0 unspecified atom stereocenters. The second-order valence-electron chi connectivity index (χ2n) is 3.62. The van der Waals surface area contributed by atoms with Gasteiger partial charge in [0.15, 0.2) is 0 Å². The first kappa shape index (κ1) is 14.7. The number of hydrogen-bond acceptors (Lipinski definition) is 5. The molecule has 0 atom stereocenters. The number of carboxylic acid groups (broad SMARTS) is 1. The lowest BCUT2D eigenvalue weighted by Crippen LogP contribution is -2.05. The first-order valence-electron chi connectivity index (χ1n) is 5.69. The normalized spacial score (nSPS) is 10.7. The molecule has 0 amide bonds. The molecule has 0 aromatic carbocycles. The van der Waals surface area contributed by atoms with Gasteiger partial charge in [-0.15, -0.1) is 0 Å². The van der Waals surface area contributed by atoms with Crippen LogP contribution in [0.5, 0.6) is 0 Å². The zero-order valence-corrected chi connectivity index (χ0v) is 10.4. The number of ether oxygens (including phenoxy) is 3. The third-order valence-corrected chi connectivity index (χ3v) is 2.15. The molecule has 6 nitrogen and oxygen atoms in total. The molecule has 0 fully saturated rings. The number of hydrogen-bond donors (Lipinski definition) is 1. The van der Waals surface area contributed by atoms with Gasteiger partial charge < -0.3 is 23.7 Å². The summed E-state index contributed by atoms with van der Waals surface area (Å²) in [6.07, 6.45) is 1.98. The minimum absolute atomic E-state index is 0.136. The van der Waals surface area contributed by atoms with E-state index < -0.39 is 5.97 Å². The molecule has 18 heavy (non-hydrogen) atoms. The average Bonchev–Trinajstić information content (AvgIpc) is 2.81. The van der Waals surface area contributed by atoms with Crippen LogP contribution in [0.1, 0.15) is 22.5 Å². The van der Waals surface area contributed by atoms with Gasteiger partial charge >= 0.3 is 5.97 Å². The predicted octanol–water partition coefficient (Wildman–Crippen LogP) is 1.55. The van der Waals surface area contributed by atoms with Crippen molar-refractivity contribution in [2.45, 2.75) is 13.0 Å². The minimum Gasteiger partial charge on any atom is -0.478 e. The maximum absolute atomic E-state index is 10.6. The van der Waals surface area contributed by atoms with Gasteiger partial charge in [0.2, 0.25) is 0 Å². The Hall–Kier alpha value is -1.37. The maximum Gasteiger partial charge on any atom is 0.338 e. The van der Waals surface area contributed by atoms with E-state index in [1.54, 1.807) is 7.11 Å².